The molecular formula is C109H157BrF3N5O30SZn. The van der Waals surface area contributed by atoms with Crippen molar-refractivity contribution >= 4 is 94.4 Å². The van der Waals surface area contributed by atoms with Crippen molar-refractivity contribution < 1.29 is 171 Å². The topological polar surface area (TPSA) is 382 Å². The molecule has 12 rings (SSSR count). The Morgan fingerprint density at radius 3 is 0.933 bits per heavy atom. The van der Waals surface area contributed by atoms with Crippen LogP contribution in [-0.2, 0) is 97.2 Å². The number of rotatable bonds is 36. The zero-order chi connectivity index (χ0) is 111. The number of nitrogens with zero attached hydrogens (tertiary/aromatic N) is 5. The molecule has 4 fully saturated rings. The van der Waals surface area contributed by atoms with E-state index in [2.05, 4.69) is 47.7 Å². The normalized spacial score (nSPS) is 16.4. The van der Waals surface area contributed by atoms with Crippen molar-refractivity contribution in [2.45, 2.75) is 309 Å². The summed E-state index contributed by atoms with van der Waals surface area (Å²) >= 11 is 4.25. The van der Waals surface area contributed by atoms with Gasteiger partial charge in [-0.1, -0.05) is 30.7 Å². The number of carbonyl (C=O) groups excluding carboxylic acids is 7. The summed E-state index contributed by atoms with van der Waals surface area (Å²) in [6.45, 7) is 39.5. The number of carboxylic acid groups (broad SMARTS) is 1. The molecule has 5 amide bonds. The molecular weight excluding hydrogens is 2090 g/mol. The summed E-state index contributed by atoms with van der Waals surface area (Å²) in [5.41, 5.74) is -4.57. The molecule has 834 valence electrons. The van der Waals surface area contributed by atoms with Crippen molar-refractivity contribution in [1.29, 1.82) is 0 Å². The van der Waals surface area contributed by atoms with E-state index in [1.54, 1.807) is 56.8 Å². The number of carboxylic acids is 1. The van der Waals surface area contributed by atoms with Gasteiger partial charge in [0.05, 0.1) is 29.9 Å². The van der Waals surface area contributed by atoms with E-state index in [9.17, 15) is 59.9 Å². The number of halogens is 4. The molecule has 8 aliphatic rings. The Kier molecular flexibility index (Phi) is 50.0. The number of carbonyl (C=O) groups is 8. The second kappa shape index (κ2) is 59.2. The number of amides is 5. The van der Waals surface area contributed by atoms with E-state index in [4.69, 9.17) is 85.6 Å². The average Bonchev–Trinajstić information content (AvgIpc) is 0.770. The van der Waals surface area contributed by atoms with Crippen molar-refractivity contribution in [2.24, 2.45) is 0 Å². The molecule has 8 aliphatic heterocycles. The first-order chi connectivity index (χ1) is 70.9. The Morgan fingerprint density at radius 2 is 0.673 bits per heavy atom. The molecule has 0 radical (unpaired) electrons. The number of piperidine rings is 4. The number of esters is 2. The van der Waals surface area contributed by atoms with Crippen LogP contribution in [0.5, 0.6) is 46.0 Å². The van der Waals surface area contributed by atoms with Crippen molar-refractivity contribution in [3.8, 4) is 46.0 Å². The summed E-state index contributed by atoms with van der Waals surface area (Å²) in [4.78, 5) is 104. The number of hydrogen-bond donors (Lipinski definition) is 1. The number of aliphatic carboxylic acids is 1. The third-order valence-corrected chi connectivity index (χ3v) is 25.6. The molecule has 4 aromatic rings. The van der Waals surface area contributed by atoms with Crippen LogP contribution in [0.1, 0.15) is 281 Å². The van der Waals surface area contributed by atoms with Crippen molar-refractivity contribution in [2.75, 3.05) is 134 Å². The Bertz CT molecular complexity index is 5280. The Morgan fingerprint density at radius 1 is 0.407 bits per heavy atom. The third kappa shape index (κ3) is 39.7. The van der Waals surface area contributed by atoms with Crippen molar-refractivity contribution in [3.05, 3.63) is 126 Å². The SMILES string of the molecule is CCN(CC)C(=O)CCCCC1=CC2(CCN(C(=O)OC(C)(C)C)CC2)Oc2cccc(OCOC)c21.CCOC(=O)CCCCC1=CC2(CCN(C(=O)OC(C)(C)C)CC2)Oc2cccc(OCOC)c21.COCOc1cccc2c1C(CCCCC(=O)O)=CC1(CCN(C(=O)OC(C)(C)C)CC1)O2.COCOc1cccc2c1C(OS(=O)(=O)C(F)(F)F)=CC1(CCN(C(=O)OC(C)(C)C)CC1)O2.[CH2-]CCCC(=O)OCC.[Zn+][Br]. The molecule has 0 aliphatic carbocycles. The fraction of sp³-hybridized carbons (Fsp3) is 0.624. The predicted molar refractivity (Wildman–Crippen MR) is 558 cm³/mol. The fourth-order valence-electron chi connectivity index (χ4n) is 17.6. The van der Waals surface area contributed by atoms with Crippen molar-refractivity contribution in [3.63, 3.8) is 0 Å². The summed E-state index contributed by atoms with van der Waals surface area (Å²) < 4.78 is 168. The van der Waals surface area contributed by atoms with Gasteiger partial charge >= 0.3 is 87.9 Å². The van der Waals surface area contributed by atoms with Crippen LogP contribution < -0.4 is 37.9 Å². The van der Waals surface area contributed by atoms with Crippen LogP contribution >= 0.6 is 13.6 Å². The minimum absolute atomic E-state index is 0.0176. The van der Waals surface area contributed by atoms with Gasteiger partial charge in [-0.15, -0.1) is 0 Å². The van der Waals surface area contributed by atoms with Gasteiger partial charge in [0, 0.05) is 177 Å². The van der Waals surface area contributed by atoms with Crippen LogP contribution in [0.15, 0.2) is 97.1 Å². The summed E-state index contributed by atoms with van der Waals surface area (Å²) in [7, 11) is 0.136. The molecule has 4 spiro atoms. The molecule has 1 N–H and O–H groups in total. The molecule has 35 nitrogen and oxygen atoms in total. The van der Waals surface area contributed by atoms with E-state index in [1.165, 1.54) is 52.6 Å². The van der Waals surface area contributed by atoms with Gasteiger partial charge in [-0.3, -0.25) is 19.2 Å². The molecule has 0 saturated carbocycles. The van der Waals surface area contributed by atoms with E-state index in [1.807, 2.05) is 150 Å². The standard InChI is InChI=1S/C29H44N2O6.C27H39NO7.C25H35NO7.C21H26F3NO8S.C7H13O2.BrH.Zn/c1-7-30(8-2)25(32)15-10-9-12-22-20-29(16-18-31(19-17-29)27(33)37-28(3,4)5)36-24-14-11-13-23(26(22)24)35-21-34-6;1-6-32-23(29)13-8-7-10-20-18-27(14-16-28(17-15-27)25(30)35-26(2,3)4)34-22-12-9-11-21(24(20)22)33-19-31-5;1-24(2,3)33-23(29)26-14-12-25(13-15-26)16-18(8-5-6-11-21(27)28)22-19(31-17-30-4)9-7-10-20(22)32-25;1-19(2,3)32-18(26)25-10-8-20(9-11-25)12-16(33-34(27,28)21(22,23)24)17-14(30-13-29-4)6-5-7-15(17)31-20;1-3-5-6-7(8)9-4-2;;/h11,13-14,20H,7-10,12,15-19,21H2,1-6H3;9,11-12,18H,6-8,10,13-17,19H2,1-5H3;7,9-10,16H,5-6,8,11-15,17H2,1-4H3,(H,27,28);5-7,12H,8-11,13H2,1-4H3;1,3-6H2,2H3;1H;/q;;;;-1;;+2/p-1. The van der Waals surface area contributed by atoms with E-state index in [-0.39, 0.29) is 113 Å². The predicted octanol–water partition coefficient (Wildman–Crippen LogP) is 22.3. The maximum absolute atomic E-state index is 13.1. The number of alkyl halides is 3. The second-order valence-corrected chi connectivity index (χ2v) is 42.4. The molecule has 0 unspecified atom stereocenters. The second-order valence-electron chi connectivity index (χ2n) is 40.9. The quantitative estimate of drug-likeness (QED) is 0.00646. The zero-order valence-electron chi connectivity index (χ0n) is 91.2. The summed E-state index contributed by atoms with van der Waals surface area (Å²) in [6, 6.07) is 21.8. The van der Waals surface area contributed by atoms with Gasteiger partial charge < -0.3 is 126 Å². The molecule has 0 bridgehead atoms. The summed E-state index contributed by atoms with van der Waals surface area (Å²) in [5, 5.41) is 8.98. The number of benzene rings is 4. The average molecular weight is 2250 g/mol. The van der Waals surface area contributed by atoms with Crippen LogP contribution in [0.2, 0.25) is 0 Å². The van der Waals surface area contributed by atoms with Gasteiger partial charge in [-0.2, -0.15) is 28.0 Å². The monoisotopic (exact) mass is 2250 g/mol. The molecule has 0 atom stereocenters. The number of allylic oxidation sites excluding steroid dienone is 3. The maximum atomic E-state index is 13.1. The van der Waals surface area contributed by atoms with Crippen LogP contribution in [0.25, 0.3) is 22.5 Å². The number of hydrogen-bond acceptors (Lipinski definition) is 29. The van der Waals surface area contributed by atoms with Gasteiger partial charge in [0.25, 0.3) is 0 Å². The Hall–Kier alpha value is -10.3. The molecule has 150 heavy (non-hydrogen) atoms. The number of likely N-dealkylation sites (tertiary alicyclic amines) is 4. The summed E-state index contributed by atoms with van der Waals surface area (Å²) in [6.07, 6.45) is 20.9. The van der Waals surface area contributed by atoms with Crippen LogP contribution in [0.4, 0.5) is 32.3 Å². The number of ether oxygens (including phenoxy) is 18. The minimum atomic E-state index is -5.97. The van der Waals surface area contributed by atoms with Gasteiger partial charge in [0.2, 0.25) is 5.91 Å². The molecule has 0 aromatic heterocycles. The van der Waals surface area contributed by atoms with E-state index in [0.717, 1.165) is 127 Å². The molecule has 4 saturated heterocycles. The first kappa shape index (κ1) is 127. The number of fused-ring (bicyclic) bond motifs is 4. The van der Waals surface area contributed by atoms with Crippen LogP contribution in [0, 0.1) is 6.92 Å². The van der Waals surface area contributed by atoms with Crippen molar-refractivity contribution in [1.82, 2.24) is 24.5 Å². The van der Waals surface area contributed by atoms with Crippen LogP contribution in [-0.4, -0.2) is 271 Å². The Balaban J connectivity index is 0.000000261. The zero-order valence-corrected chi connectivity index (χ0v) is 96.5. The van der Waals surface area contributed by atoms with Gasteiger partial charge in [0.15, 0.2) is 32.9 Å². The fourth-order valence-corrected chi connectivity index (χ4v) is 18.1. The number of unbranched alkanes of at least 4 members (excludes halogenated alkanes) is 4. The Labute approximate surface area is 899 Å². The van der Waals surface area contributed by atoms with Crippen LogP contribution in [0.3, 0.4) is 0 Å². The number of methoxy groups -OCH3 is 4. The van der Waals surface area contributed by atoms with Gasteiger partial charge in [-0.25, -0.2) is 19.2 Å². The summed E-state index contributed by atoms with van der Waals surface area (Å²) in [5.74, 6) is 3.09. The molecule has 4 aromatic carbocycles. The first-order valence-corrected chi connectivity index (χ1v) is 59.7. The molecule has 8 heterocycles. The molecule has 41 heteroatoms. The third-order valence-electron chi connectivity index (χ3n) is 24.6. The van der Waals surface area contributed by atoms with Gasteiger partial charge in [0.1, 0.15) is 96.4 Å². The van der Waals surface area contributed by atoms with E-state index in [0.29, 0.717) is 135 Å². The van der Waals surface area contributed by atoms with Gasteiger partial charge in [-0.05, 0) is 252 Å². The first-order valence-electron chi connectivity index (χ1n) is 51.3. The van der Waals surface area contributed by atoms with E-state index < -0.39 is 78.3 Å². The van der Waals surface area contributed by atoms with E-state index >= 15 is 0 Å².